The predicted molar refractivity (Wildman–Crippen MR) is 109 cm³/mol. The summed E-state index contributed by atoms with van der Waals surface area (Å²) in [6.07, 6.45) is -0.995. The number of nitrogens with zero attached hydrogens (tertiary/aromatic N) is 3. The summed E-state index contributed by atoms with van der Waals surface area (Å²) in [5.41, 5.74) is 2.74. The third-order valence-electron chi connectivity index (χ3n) is 5.29. The van der Waals surface area contributed by atoms with Crippen LogP contribution < -0.4 is 10.3 Å². The second kappa shape index (κ2) is 8.75. The van der Waals surface area contributed by atoms with Crippen LogP contribution in [-0.2, 0) is 32.8 Å². The van der Waals surface area contributed by atoms with Crippen molar-refractivity contribution in [3.05, 3.63) is 93.2 Å². The number of fused-ring (bicyclic) bond motifs is 1. The number of ether oxygens (including phenoxy) is 1. The summed E-state index contributed by atoms with van der Waals surface area (Å²) in [6, 6.07) is 14.4. The topological polar surface area (TPSA) is 47.4 Å². The van der Waals surface area contributed by atoms with Crippen molar-refractivity contribution in [1.29, 1.82) is 0 Å². The SMILES string of the molecule is CCn1c(CN2Cc3ccc(C(F)F)cc3C2)ncc(OCc2ccccc2)c1=O. The molecule has 1 aromatic heterocycles. The molecule has 0 atom stereocenters. The summed E-state index contributed by atoms with van der Waals surface area (Å²) in [7, 11) is 0. The Labute approximate surface area is 173 Å². The fraction of sp³-hybridized carbons (Fsp3) is 0.304. The lowest BCUT2D eigenvalue weighted by Gasteiger charge is -2.18. The lowest BCUT2D eigenvalue weighted by Crippen LogP contribution is -2.29. The van der Waals surface area contributed by atoms with Crippen molar-refractivity contribution in [2.75, 3.05) is 0 Å². The molecule has 0 spiro atoms. The Bertz CT molecular complexity index is 1080. The highest BCUT2D eigenvalue weighted by Gasteiger charge is 2.22. The Morgan fingerprint density at radius 2 is 1.87 bits per heavy atom. The van der Waals surface area contributed by atoms with E-state index >= 15 is 0 Å². The van der Waals surface area contributed by atoms with Crippen molar-refractivity contribution in [2.24, 2.45) is 0 Å². The Hall–Kier alpha value is -3.06. The minimum atomic E-state index is -2.47. The van der Waals surface area contributed by atoms with Crippen LogP contribution in [0.2, 0.25) is 0 Å². The minimum Gasteiger partial charge on any atom is -0.482 e. The molecule has 7 heteroatoms. The number of aromatic nitrogens is 2. The van der Waals surface area contributed by atoms with E-state index in [1.165, 1.54) is 12.3 Å². The summed E-state index contributed by atoms with van der Waals surface area (Å²) < 4.78 is 33.2. The van der Waals surface area contributed by atoms with E-state index in [2.05, 4.69) is 9.88 Å². The maximum atomic E-state index is 13.0. The average molecular weight is 411 g/mol. The molecule has 3 aromatic rings. The zero-order valence-corrected chi connectivity index (χ0v) is 16.7. The van der Waals surface area contributed by atoms with E-state index in [0.717, 1.165) is 16.7 Å². The van der Waals surface area contributed by atoms with E-state index < -0.39 is 6.43 Å². The second-order valence-electron chi connectivity index (χ2n) is 7.34. The van der Waals surface area contributed by atoms with Crippen LogP contribution in [-0.4, -0.2) is 14.5 Å². The van der Waals surface area contributed by atoms with Crippen LogP contribution in [0.5, 0.6) is 5.75 Å². The van der Waals surface area contributed by atoms with Gasteiger partial charge in [-0.25, -0.2) is 13.8 Å². The Balaban J connectivity index is 1.48. The summed E-state index contributed by atoms with van der Waals surface area (Å²) >= 11 is 0. The predicted octanol–water partition coefficient (Wildman–Crippen LogP) is 4.30. The first-order valence-electron chi connectivity index (χ1n) is 9.92. The van der Waals surface area contributed by atoms with Gasteiger partial charge >= 0.3 is 0 Å². The smallest absolute Gasteiger partial charge is 0.295 e. The molecule has 4 rings (SSSR count). The maximum absolute atomic E-state index is 13.0. The van der Waals surface area contributed by atoms with E-state index in [1.807, 2.05) is 37.3 Å². The molecule has 156 valence electrons. The van der Waals surface area contributed by atoms with Gasteiger partial charge in [-0.2, -0.15) is 0 Å². The number of benzene rings is 2. The summed E-state index contributed by atoms with van der Waals surface area (Å²) in [6.45, 7) is 4.32. The third kappa shape index (κ3) is 4.26. The molecule has 0 unspecified atom stereocenters. The molecule has 0 aliphatic carbocycles. The zero-order chi connectivity index (χ0) is 21.1. The first-order valence-corrected chi connectivity index (χ1v) is 9.92. The Kier molecular flexibility index (Phi) is 5.90. The standard InChI is InChI=1S/C23H23F2N3O2/c1-2-28-21(14-27-12-18-9-8-17(22(24)25)10-19(18)13-27)26-11-20(23(28)29)30-15-16-6-4-3-5-7-16/h3-11,22H,2,12-15H2,1H3. The number of alkyl halides is 2. The van der Waals surface area contributed by atoms with E-state index in [1.54, 1.807) is 16.7 Å². The molecular weight excluding hydrogens is 388 g/mol. The number of hydrogen-bond donors (Lipinski definition) is 0. The number of halogens is 2. The van der Waals surface area contributed by atoms with Gasteiger partial charge in [-0.1, -0.05) is 42.5 Å². The second-order valence-corrected chi connectivity index (χ2v) is 7.34. The molecule has 1 aliphatic heterocycles. The molecule has 0 bridgehead atoms. The largest absolute Gasteiger partial charge is 0.482 e. The lowest BCUT2D eigenvalue weighted by molar-refractivity contribution is 0.151. The monoisotopic (exact) mass is 411 g/mol. The van der Waals surface area contributed by atoms with Crippen molar-refractivity contribution in [3.8, 4) is 5.75 Å². The zero-order valence-electron chi connectivity index (χ0n) is 16.7. The quantitative estimate of drug-likeness (QED) is 0.582. The van der Waals surface area contributed by atoms with Gasteiger partial charge in [0.05, 0.1) is 12.7 Å². The van der Waals surface area contributed by atoms with E-state index in [4.69, 9.17) is 4.74 Å². The maximum Gasteiger partial charge on any atom is 0.295 e. The number of hydrogen-bond acceptors (Lipinski definition) is 4. The molecule has 5 nitrogen and oxygen atoms in total. The molecule has 0 N–H and O–H groups in total. The van der Waals surface area contributed by atoms with E-state index in [-0.39, 0.29) is 16.9 Å². The highest BCUT2D eigenvalue weighted by atomic mass is 19.3. The van der Waals surface area contributed by atoms with Crippen molar-refractivity contribution in [1.82, 2.24) is 14.5 Å². The van der Waals surface area contributed by atoms with Gasteiger partial charge in [-0.15, -0.1) is 0 Å². The third-order valence-corrected chi connectivity index (χ3v) is 5.29. The Morgan fingerprint density at radius 3 is 2.60 bits per heavy atom. The molecule has 30 heavy (non-hydrogen) atoms. The fourth-order valence-corrected chi connectivity index (χ4v) is 3.73. The van der Waals surface area contributed by atoms with Gasteiger partial charge in [-0.05, 0) is 29.7 Å². The van der Waals surface area contributed by atoms with Crippen molar-refractivity contribution < 1.29 is 13.5 Å². The molecule has 0 radical (unpaired) electrons. The van der Waals surface area contributed by atoms with Gasteiger partial charge in [0.2, 0.25) is 5.75 Å². The van der Waals surface area contributed by atoms with Crippen LogP contribution >= 0.6 is 0 Å². The van der Waals surface area contributed by atoms with Gasteiger partial charge in [0.25, 0.3) is 12.0 Å². The molecule has 2 heterocycles. The first kappa shape index (κ1) is 20.2. The van der Waals surface area contributed by atoms with Crippen LogP contribution in [0.15, 0.2) is 59.5 Å². The molecular formula is C23H23F2N3O2. The van der Waals surface area contributed by atoms with Crippen LogP contribution in [0.25, 0.3) is 0 Å². The van der Waals surface area contributed by atoms with Gasteiger partial charge in [0, 0.05) is 25.2 Å². The minimum absolute atomic E-state index is 0.0408. The highest BCUT2D eigenvalue weighted by Crippen LogP contribution is 2.28. The van der Waals surface area contributed by atoms with Crippen LogP contribution in [0.3, 0.4) is 0 Å². The van der Waals surface area contributed by atoms with Crippen molar-refractivity contribution >= 4 is 0 Å². The lowest BCUT2D eigenvalue weighted by atomic mass is 10.1. The van der Waals surface area contributed by atoms with Gasteiger partial charge in [-0.3, -0.25) is 14.3 Å². The highest BCUT2D eigenvalue weighted by molar-refractivity contribution is 5.35. The summed E-state index contributed by atoms with van der Waals surface area (Å²) in [5.74, 6) is 0.854. The summed E-state index contributed by atoms with van der Waals surface area (Å²) in [5, 5.41) is 0. The Morgan fingerprint density at radius 1 is 1.10 bits per heavy atom. The molecule has 1 aliphatic rings. The molecule has 0 amide bonds. The van der Waals surface area contributed by atoms with E-state index in [9.17, 15) is 13.6 Å². The summed E-state index contributed by atoms with van der Waals surface area (Å²) in [4.78, 5) is 19.4. The molecule has 0 saturated carbocycles. The first-order chi connectivity index (χ1) is 14.5. The average Bonchev–Trinajstić information content (AvgIpc) is 3.15. The van der Waals surface area contributed by atoms with Crippen LogP contribution in [0.1, 0.15) is 41.4 Å². The van der Waals surface area contributed by atoms with Crippen LogP contribution in [0.4, 0.5) is 8.78 Å². The van der Waals surface area contributed by atoms with Crippen molar-refractivity contribution in [3.63, 3.8) is 0 Å². The van der Waals surface area contributed by atoms with Crippen molar-refractivity contribution in [2.45, 2.75) is 46.1 Å². The fourth-order valence-electron chi connectivity index (χ4n) is 3.73. The molecule has 0 fully saturated rings. The number of rotatable bonds is 7. The normalized spacial score (nSPS) is 13.6. The van der Waals surface area contributed by atoms with Gasteiger partial charge in [0.1, 0.15) is 12.4 Å². The van der Waals surface area contributed by atoms with Gasteiger partial charge in [0.15, 0.2) is 0 Å². The van der Waals surface area contributed by atoms with Crippen LogP contribution in [0, 0.1) is 0 Å². The van der Waals surface area contributed by atoms with Gasteiger partial charge < -0.3 is 4.74 Å². The molecule has 0 saturated heterocycles. The van der Waals surface area contributed by atoms with E-state index in [0.29, 0.717) is 38.6 Å². The molecule has 2 aromatic carbocycles.